The fraction of sp³-hybridized carbons (Fsp3) is 0.250. The first-order valence-corrected chi connectivity index (χ1v) is 9.47. The van der Waals surface area contributed by atoms with Gasteiger partial charge in [-0.3, -0.25) is 19.6 Å². The minimum Gasteiger partial charge on any atom is -0.379 e. The highest BCUT2D eigenvalue weighted by Gasteiger charge is 2.37. The molecule has 0 aliphatic carbocycles. The third-order valence-corrected chi connectivity index (χ3v) is 5.58. The lowest BCUT2D eigenvalue weighted by molar-refractivity contribution is -0.130. The second kappa shape index (κ2) is 8.03. The molecule has 0 aliphatic heterocycles. The molecule has 0 aliphatic rings. The summed E-state index contributed by atoms with van der Waals surface area (Å²) in [7, 11) is 2.35. The van der Waals surface area contributed by atoms with Gasteiger partial charge in [0.2, 0.25) is 0 Å². The van der Waals surface area contributed by atoms with Crippen molar-refractivity contribution >= 4 is 40.9 Å². The van der Waals surface area contributed by atoms with Gasteiger partial charge in [-0.2, -0.15) is 0 Å². The smallest absolute Gasteiger partial charge is 0.257 e. The third-order valence-electron chi connectivity index (χ3n) is 3.66. The quantitative estimate of drug-likeness (QED) is 0.520. The van der Waals surface area contributed by atoms with Crippen LogP contribution in [0.5, 0.6) is 0 Å². The number of hydrogen-bond acceptors (Lipinski definition) is 7. The van der Waals surface area contributed by atoms with Gasteiger partial charge in [0, 0.05) is 7.05 Å². The molecule has 1 aromatic heterocycles. The second-order valence-electron chi connectivity index (χ2n) is 6.04. The lowest BCUT2D eigenvalue weighted by atomic mass is 10.1. The number of sulfone groups is 1. The summed E-state index contributed by atoms with van der Waals surface area (Å²) >= 11 is 0. The van der Waals surface area contributed by atoms with Crippen LogP contribution in [0, 0.1) is 5.82 Å². The zero-order valence-electron chi connectivity index (χ0n) is 14.9. The number of halogens is 1. The van der Waals surface area contributed by atoms with E-state index in [9.17, 15) is 27.5 Å². The number of rotatable bonds is 6. The first kappa shape index (κ1) is 21.4. The van der Waals surface area contributed by atoms with Crippen LogP contribution in [-0.2, 0) is 14.6 Å². The molecule has 2 amide bonds. The Kier molecular flexibility index (Phi) is 6.15. The summed E-state index contributed by atoms with van der Waals surface area (Å²) in [5.41, 5.74) is -2.63. The summed E-state index contributed by atoms with van der Waals surface area (Å²) in [5, 5.41) is 14.8. The fourth-order valence-corrected chi connectivity index (χ4v) is 3.79. The van der Waals surface area contributed by atoms with Crippen LogP contribution < -0.4 is 16.4 Å². The first-order chi connectivity index (χ1) is 13.0. The van der Waals surface area contributed by atoms with E-state index in [1.165, 1.54) is 19.4 Å². The minimum absolute atomic E-state index is 0.0328. The van der Waals surface area contributed by atoms with Crippen molar-refractivity contribution in [1.82, 2.24) is 15.3 Å². The van der Waals surface area contributed by atoms with Crippen LogP contribution >= 0.6 is 0 Å². The maximum atomic E-state index is 14.0. The number of hydrogen-bond donors (Lipinski definition) is 3. The van der Waals surface area contributed by atoms with Gasteiger partial charge in [-0.25, -0.2) is 12.8 Å². The Morgan fingerprint density at radius 3 is 2.43 bits per heavy atom. The Labute approximate surface area is 161 Å². The molecule has 3 N–H and O–H groups in total. The SMILES string of the molecule is [B]c1ncc(NC(=O)[C@@](C)(O)CS(=O)(=O)c2ccc(C(=O)NC)c(F)c2)cn1. The van der Waals surface area contributed by atoms with Crippen LogP contribution in [0.2, 0.25) is 0 Å². The van der Waals surface area contributed by atoms with Gasteiger partial charge in [0.25, 0.3) is 11.8 Å². The minimum atomic E-state index is -4.27. The molecule has 2 rings (SSSR count). The molecular weight excluding hydrogens is 390 g/mol. The molecule has 146 valence electrons. The van der Waals surface area contributed by atoms with Crippen LogP contribution in [-0.4, -0.2) is 61.6 Å². The van der Waals surface area contributed by atoms with Crippen LogP contribution in [0.3, 0.4) is 0 Å². The predicted molar refractivity (Wildman–Crippen MR) is 98.5 cm³/mol. The normalized spacial score (nSPS) is 13.4. The standard InChI is InChI=1S/C16H16BFN4O5S/c1-16(25,14(24)22-9-6-20-15(17)21-7-9)8-28(26,27)10-3-4-11(12(18)5-10)13(23)19-2/h3-7,25H,8H2,1-2H3,(H,19,23)(H,22,24)/t16-/m0/s1. The Bertz CT molecular complexity index is 1010. The molecule has 12 heteroatoms. The lowest BCUT2D eigenvalue weighted by Crippen LogP contribution is -2.45. The summed E-state index contributed by atoms with van der Waals surface area (Å²) in [4.78, 5) is 30.6. The summed E-state index contributed by atoms with van der Waals surface area (Å²) in [6, 6.07) is 2.67. The monoisotopic (exact) mass is 406 g/mol. The van der Waals surface area contributed by atoms with Gasteiger partial charge in [-0.15, -0.1) is 0 Å². The molecule has 0 saturated carbocycles. The van der Waals surface area contributed by atoms with Crippen molar-refractivity contribution in [3.63, 3.8) is 0 Å². The Morgan fingerprint density at radius 1 is 1.29 bits per heavy atom. The van der Waals surface area contributed by atoms with E-state index in [4.69, 9.17) is 7.85 Å². The number of anilines is 1. The summed E-state index contributed by atoms with van der Waals surface area (Å²) in [6.07, 6.45) is 2.36. The average molecular weight is 406 g/mol. The topological polar surface area (TPSA) is 138 Å². The summed E-state index contributed by atoms with van der Waals surface area (Å²) < 4.78 is 39.0. The molecule has 2 radical (unpaired) electrons. The number of benzene rings is 1. The maximum Gasteiger partial charge on any atom is 0.257 e. The largest absolute Gasteiger partial charge is 0.379 e. The number of aliphatic hydroxyl groups is 1. The van der Waals surface area contributed by atoms with E-state index in [2.05, 4.69) is 20.6 Å². The van der Waals surface area contributed by atoms with Gasteiger partial charge in [-0.1, -0.05) is 0 Å². The second-order valence-corrected chi connectivity index (χ2v) is 8.03. The number of carbonyl (C=O) groups excluding carboxylic acids is 2. The molecule has 0 saturated heterocycles. The molecule has 1 aromatic carbocycles. The highest BCUT2D eigenvalue weighted by molar-refractivity contribution is 7.91. The number of aromatic nitrogens is 2. The van der Waals surface area contributed by atoms with E-state index in [0.29, 0.717) is 6.07 Å². The van der Waals surface area contributed by atoms with Crippen molar-refractivity contribution in [3.05, 3.63) is 42.0 Å². The van der Waals surface area contributed by atoms with Gasteiger partial charge in [0.15, 0.2) is 23.3 Å². The Morgan fingerprint density at radius 2 is 1.89 bits per heavy atom. The van der Waals surface area contributed by atoms with E-state index >= 15 is 0 Å². The lowest BCUT2D eigenvalue weighted by Gasteiger charge is -2.22. The van der Waals surface area contributed by atoms with Gasteiger partial charge < -0.3 is 15.7 Å². The fourth-order valence-electron chi connectivity index (χ4n) is 2.20. The van der Waals surface area contributed by atoms with Gasteiger partial charge in [0.1, 0.15) is 5.82 Å². The molecule has 9 nitrogen and oxygen atoms in total. The number of nitrogens with one attached hydrogen (secondary N) is 2. The van der Waals surface area contributed by atoms with E-state index in [1.54, 1.807) is 0 Å². The van der Waals surface area contributed by atoms with Gasteiger partial charge >= 0.3 is 0 Å². The molecule has 0 bridgehead atoms. The third kappa shape index (κ3) is 4.90. The van der Waals surface area contributed by atoms with E-state index < -0.39 is 43.7 Å². The number of amides is 2. The van der Waals surface area contributed by atoms with Crippen molar-refractivity contribution in [2.75, 3.05) is 18.1 Å². The molecule has 0 fully saturated rings. The van der Waals surface area contributed by atoms with Gasteiger partial charge in [-0.05, 0) is 25.1 Å². The zero-order chi connectivity index (χ0) is 21.1. The molecule has 0 spiro atoms. The number of nitrogens with zero attached hydrogens (tertiary/aromatic N) is 2. The molecule has 1 atom stereocenters. The molecule has 28 heavy (non-hydrogen) atoms. The number of carbonyl (C=O) groups is 2. The molecule has 0 unspecified atom stereocenters. The Hall–Kier alpha value is -2.86. The molecule has 1 heterocycles. The van der Waals surface area contributed by atoms with Crippen molar-refractivity contribution in [1.29, 1.82) is 0 Å². The van der Waals surface area contributed by atoms with Crippen molar-refractivity contribution in [3.8, 4) is 0 Å². The first-order valence-electron chi connectivity index (χ1n) is 7.82. The highest BCUT2D eigenvalue weighted by Crippen LogP contribution is 2.21. The Balaban J connectivity index is 2.21. The van der Waals surface area contributed by atoms with Crippen LogP contribution in [0.25, 0.3) is 0 Å². The predicted octanol–water partition coefficient (Wildman–Crippen LogP) is -1.07. The van der Waals surface area contributed by atoms with E-state index in [0.717, 1.165) is 19.1 Å². The summed E-state index contributed by atoms with van der Waals surface area (Å²) in [6.45, 7) is 0.993. The van der Waals surface area contributed by atoms with E-state index in [1.807, 2.05) is 0 Å². The maximum absolute atomic E-state index is 14.0. The molecule has 2 aromatic rings. The van der Waals surface area contributed by atoms with E-state index in [-0.39, 0.29) is 17.0 Å². The van der Waals surface area contributed by atoms with Crippen LogP contribution in [0.1, 0.15) is 17.3 Å². The van der Waals surface area contributed by atoms with Crippen molar-refractivity contribution < 1.29 is 27.5 Å². The van der Waals surface area contributed by atoms with Crippen LogP contribution in [0.15, 0.2) is 35.5 Å². The zero-order valence-corrected chi connectivity index (χ0v) is 15.7. The van der Waals surface area contributed by atoms with Crippen molar-refractivity contribution in [2.24, 2.45) is 0 Å². The van der Waals surface area contributed by atoms with Crippen molar-refractivity contribution in [2.45, 2.75) is 17.4 Å². The average Bonchev–Trinajstić information content (AvgIpc) is 2.62. The van der Waals surface area contributed by atoms with Gasteiger partial charge in [0.05, 0.1) is 40.0 Å². The molecular formula is C16H16BFN4O5S. The summed E-state index contributed by atoms with van der Waals surface area (Å²) in [5.74, 6) is -3.84. The van der Waals surface area contributed by atoms with Crippen LogP contribution in [0.4, 0.5) is 10.1 Å². The highest BCUT2D eigenvalue weighted by atomic mass is 32.2.